The zero-order valence-electron chi connectivity index (χ0n) is 18.7. The lowest BCUT2D eigenvalue weighted by atomic mass is 10.0. The Hall–Kier alpha value is -2.44. The van der Waals surface area contributed by atoms with Crippen molar-refractivity contribution in [1.29, 1.82) is 0 Å². The van der Waals surface area contributed by atoms with Gasteiger partial charge in [-0.2, -0.15) is 23.5 Å². The van der Waals surface area contributed by atoms with Gasteiger partial charge in [-0.25, -0.2) is 4.79 Å². The van der Waals surface area contributed by atoms with E-state index in [4.69, 9.17) is 5.73 Å². The van der Waals surface area contributed by atoms with E-state index in [1.165, 1.54) is 35.7 Å². The molecular formula is C21H32N4O6S2. The number of rotatable bonds is 15. The minimum Gasteiger partial charge on any atom is -0.508 e. The Morgan fingerprint density at radius 1 is 0.879 bits per heavy atom. The highest BCUT2D eigenvalue weighted by atomic mass is 32.2. The second-order valence-corrected chi connectivity index (χ2v) is 9.19. The molecule has 7 N–H and O–H groups in total. The molecular weight excluding hydrogens is 468 g/mol. The van der Waals surface area contributed by atoms with Gasteiger partial charge in [0.05, 0.1) is 6.54 Å². The van der Waals surface area contributed by atoms with Gasteiger partial charge in [0.15, 0.2) is 0 Å². The summed E-state index contributed by atoms with van der Waals surface area (Å²) in [6.07, 6.45) is 4.34. The van der Waals surface area contributed by atoms with Gasteiger partial charge in [-0.1, -0.05) is 12.1 Å². The van der Waals surface area contributed by atoms with Crippen LogP contribution in [0.5, 0.6) is 5.75 Å². The Balaban J connectivity index is 2.98. The summed E-state index contributed by atoms with van der Waals surface area (Å²) in [6.45, 7) is -0.314. The molecule has 0 heterocycles. The van der Waals surface area contributed by atoms with Gasteiger partial charge in [-0.05, 0) is 54.6 Å². The maximum atomic E-state index is 13.0. The fourth-order valence-electron chi connectivity index (χ4n) is 2.87. The molecule has 0 saturated carbocycles. The number of amides is 3. The van der Waals surface area contributed by atoms with Crippen molar-refractivity contribution in [2.45, 2.75) is 37.4 Å². The molecule has 3 unspecified atom stereocenters. The van der Waals surface area contributed by atoms with E-state index < -0.39 is 41.8 Å². The number of nitrogens with one attached hydrogen (secondary N) is 3. The second kappa shape index (κ2) is 15.4. The summed E-state index contributed by atoms with van der Waals surface area (Å²) in [6, 6.07) is 3.11. The highest BCUT2D eigenvalue weighted by Gasteiger charge is 2.29. The highest BCUT2D eigenvalue weighted by molar-refractivity contribution is 7.98. The summed E-state index contributed by atoms with van der Waals surface area (Å²) in [4.78, 5) is 49.2. The van der Waals surface area contributed by atoms with Crippen LogP contribution in [0.15, 0.2) is 24.3 Å². The number of carboxylic acids is 1. The zero-order valence-corrected chi connectivity index (χ0v) is 20.3. The van der Waals surface area contributed by atoms with E-state index in [2.05, 4.69) is 16.0 Å². The SMILES string of the molecule is CSCCC(NC(=O)C(CCSC)NC(=O)C(Cc1ccc(O)cc1)NC(=O)CN)C(=O)O. The fraction of sp³-hybridized carbons (Fsp3) is 0.524. The first kappa shape index (κ1) is 28.6. The summed E-state index contributed by atoms with van der Waals surface area (Å²) in [5.41, 5.74) is 6.05. The minimum absolute atomic E-state index is 0.0639. The predicted molar refractivity (Wildman–Crippen MR) is 130 cm³/mol. The molecule has 0 aliphatic rings. The number of aliphatic carboxylic acids is 1. The minimum atomic E-state index is -1.15. The Kier molecular flexibility index (Phi) is 13.3. The average molecular weight is 501 g/mol. The molecule has 12 heteroatoms. The molecule has 184 valence electrons. The van der Waals surface area contributed by atoms with Crippen molar-refractivity contribution in [3.8, 4) is 5.75 Å². The molecule has 1 aromatic rings. The van der Waals surface area contributed by atoms with Gasteiger partial charge in [0.25, 0.3) is 0 Å². The number of carbonyl (C=O) groups excluding carboxylic acids is 3. The molecule has 33 heavy (non-hydrogen) atoms. The van der Waals surface area contributed by atoms with Gasteiger partial charge >= 0.3 is 5.97 Å². The summed E-state index contributed by atoms with van der Waals surface area (Å²) in [5.74, 6) is -1.71. The molecule has 3 amide bonds. The average Bonchev–Trinajstić information content (AvgIpc) is 2.79. The van der Waals surface area contributed by atoms with E-state index in [0.717, 1.165) is 0 Å². The molecule has 0 radical (unpaired) electrons. The van der Waals surface area contributed by atoms with Crippen molar-refractivity contribution in [2.24, 2.45) is 5.73 Å². The monoisotopic (exact) mass is 500 g/mol. The van der Waals surface area contributed by atoms with Crippen LogP contribution < -0.4 is 21.7 Å². The summed E-state index contributed by atoms with van der Waals surface area (Å²) in [7, 11) is 0. The first-order valence-corrected chi connectivity index (χ1v) is 13.1. The van der Waals surface area contributed by atoms with Crippen molar-refractivity contribution in [3.05, 3.63) is 29.8 Å². The molecule has 1 aromatic carbocycles. The first-order valence-electron chi connectivity index (χ1n) is 10.3. The number of phenolic OH excluding ortho intramolecular Hbond substituents is 1. The summed E-state index contributed by atoms with van der Waals surface area (Å²) >= 11 is 2.95. The van der Waals surface area contributed by atoms with Crippen LogP contribution in [-0.2, 0) is 25.6 Å². The second-order valence-electron chi connectivity index (χ2n) is 7.22. The molecule has 0 saturated heterocycles. The molecule has 1 rings (SSSR count). The number of nitrogens with two attached hydrogens (primary N) is 1. The standard InChI is InChI=1S/C21H32N4O6S2/c1-32-9-7-15(19(28)25-16(21(30)31)8-10-33-2)24-20(29)17(23-18(27)12-22)11-13-3-5-14(26)6-4-13/h3-6,15-17,26H,7-12,22H2,1-2H3,(H,23,27)(H,24,29)(H,25,28)(H,30,31). The summed E-state index contributed by atoms with van der Waals surface area (Å²) < 4.78 is 0. The maximum Gasteiger partial charge on any atom is 0.326 e. The predicted octanol–water partition coefficient (Wildman–Crippen LogP) is -0.0614. The molecule has 0 spiro atoms. The van der Waals surface area contributed by atoms with E-state index in [9.17, 15) is 29.4 Å². The van der Waals surface area contributed by atoms with Gasteiger partial charge in [0.1, 0.15) is 23.9 Å². The van der Waals surface area contributed by atoms with Crippen LogP contribution in [0.25, 0.3) is 0 Å². The topological polar surface area (TPSA) is 171 Å². The fourth-order valence-corrected chi connectivity index (χ4v) is 3.82. The molecule has 0 fully saturated rings. The first-order chi connectivity index (χ1) is 15.7. The Labute approximate surface area is 201 Å². The molecule has 0 bridgehead atoms. The van der Waals surface area contributed by atoms with Crippen LogP contribution in [0.1, 0.15) is 18.4 Å². The van der Waals surface area contributed by atoms with Gasteiger partial charge in [0, 0.05) is 6.42 Å². The van der Waals surface area contributed by atoms with E-state index in [-0.39, 0.29) is 31.6 Å². The van der Waals surface area contributed by atoms with Crippen LogP contribution in [0, 0.1) is 0 Å². The Morgan fingerprint density at radius 2 is 1.39 bits per heavy atom. The lowest BCUT2D eigenvalue weighted by Crippen LogP contribution is -2.56. The molecule has 0 aliphatic heterocycles. The smallest absolute Gasteiger partial charge is 0.326 e. The van der Waals surface area contributed by atoms with Crippen LogP contribution >= 0.6 is 23.5 Å². The Morgan fingerprint density at radius 3 is 1.91 bits per heavy atom. The van der Waals surface area contributed by atoms with Gasteiger partial charge in [0.2, 0.25) is 17.7 Å². The number of aromatic hydroxyl groups is 1. The van der Waals surface area contributed by atoms with Crippen LogP contribution in [0.4, 0.5) is 0 Å². The van der Waals surface area contributed by atoms with Crippen LogP contribution in [0.3, 0.4) is 0 Å². The number of phenols is 1. The molecule has 0 aromatic heterocycles. The van der Waals surface area contributed by atoms with E-state index in [0.29, 0.717) is 17.1 Å². The van der Waals surface area contributed by atoms with Crippen molar-refractivity contribution < 1.29 is 29.4 Å². The number of carbonyl (C=O) groups is 4. The number of benzene rings is 1. The van der Waals surface area contributed by atoms with Crippen molar-refractivity contribution in [3.63, 3.8) is 0 Å². The lowest BCUT2D eigenvalue weighted by Gasteiger charge is -2.24. The van der Waals surface area contributed by atoms with Gasteiger partial charge in [-0.15, -0.1) is 0 Å². The van der Waals surface area contributed by atoms with Crippen molar-refractivity contribution >= 4 is 47.2 Å². The number of carboxylic acid groups (broad SMARTS) is 1. The van der Waals surface area contributed by atoms with E-state index in [1.807, 2.05) is 12.5 Å². The Bertz CT molecular complexity index is 793. The number of hydrogen-bond acceptors (Lipinski definition) is 8. The van der Waals surface area contributed by atoms with Crippen molar-refractivity contribution in [1.82, 2.24) is 16.0 Å². The largest absolute Gasteiger partial charge is 0.508 e. The van der Waals surface area contributed by atoms with Gasteiger partial charge in [-0.3, -0.25) is 14.4 Å². The zero-order chi connectivity index (χ0) is 24.8. The van der Waals surface area contributed by atoms with E-state index in [1.54, 1.807) is 12.1 Å². The molecule has 3 atom stereocenters. The number of hydrogen-bond donors (Lipinski definition) is 6. The third kappa shape index (κ3) is 10.8. The third-order valence-electron chi connectivity index (χ3n) is 4.68. The summed E-state index contributed by atoms with van der Waals surface area (Å²) in [5, 5.41) is 26.5. The lowest BCUT2D eigenvalue weighted by molar-refractivity contribution is -0.142. The normalized spacial score (nSPS) is 13.4. The van der Waals surface area contributed by atoms with E-state index >= 15 is 0 Å². The maximum absolute atomic E-state index is 13.0. The van der Waals surface area contributed by atoms with Crippen LogP contribution in [-0.4, -0.2) is 82.6 Å². The third-order valence-corrected chi connectivity index (χ3v) is 5.97. The number of thioether (sulfide) groups is 2. The molecule has 0 aliphatic carbocycles. The highest BCUT2D eigenvalue weighted by Crippen LogP contribution is 2.12. The quantitative estimate of drug-likeness (QED) is 0.193. The van der Waals surface area contributed by atoms with Crippen molar-refractivity contribution in [2.75, 3.05) is 30.6 Å². The van der Waals surface area contributed by atoms with Crippen LogP contribution in [0.2, 0.25) is 0 Å². The molecule has 10 nitrogen and oxygen atoms in total. The van der Waals surface area contributed by atoms with Gasteiger partial charge < -0.3 is 31.9 Å².